The third-order valence-corrected chi connectivity index (χ3v) is 3.63. The second-order valence-electron chi connectivity index (χ2n) is 5.41. The van der Waals surface area contributed by atoms with E-state index in [0.29, 0.717) is 12.5 Å². The van der Waals surface area contributed by atoms with Crippen LogP contribution in [-0.4, -0.2) is 9.38 Å². The van der Waals surface area contributed by atoms with Crippen LogP contribution in [0.4, 0.5) is 0 Å². The van der Waals surface area contributed by atoms with Gasteiger partial charge in [0.1, 0.15) is 5.65 Å². The van der Waals surface area contributed by atoms with Gasteiger partial charge in [0, 0.05) is 24.5 Å². The molecule has 2 heterocycles. The Kier molecular flexibility index (Phi) is 3.28. The monoisotopic (exact) mass is 265 g/mol. The molecule has 0 saturated heterocycles. The number of nitrogens with two attached hydrogens (primary N) is 1. The summed E-state index contributed by atoms with van der Waals surface area (Å²) in [6.45, 7) is 4.95. The van der Waals surface area contributed by atoms with Gasteiger partial charge in [0.25, 0.3) is 0 Å². The molecule has 0 amide bonds. The number of hydrogen-bond donors (Lipinski definition) is 1. The van der Waals surface area contributed by atoms with Crippen LogP contribution < -0.4 is 5.73 Å². The molecular formula is C17H19N3. The van der Waals surface area contributed by atoms with E-state index in [9.17, 15) is 0 Å². The summed E-state index contributed by atoms with van der Waals surface area (Å²) in [5, 5.41) is 0. The van der Waals surface area contributed by atoms with Gasteiger partial charge < -0.3 is 10.1 Å². The molecule has 0 aliphatic carbocycles. The Morgan fingerprint density at radius 1 is 1.15 bits per heavy atom. The normalized spacial score (nSPS) is 11.4. The fraction of sp³-hybridized carbons (Fsp3) is 0.235. The van der Waals surface area contributed by atoms with Crippen LogP contribution in [0, 0.1) is 0 Å². The van der Waals surface area contributed by atoms with Gasteiger partial charge in [0.15, 0.2) is 0 Å². The van der Waals surface area contributed by atoms with Crippen molar-refractivity contribution in [3.05, 3.63) is 59.9 Å². The maximum Gasteiger partial charge on any atom is 0.137 e. The van der Waals surface area contributed by atoms with Gasteiger partial charge in [-0.1, -0.05) is 38.1 Å². The van der Waals surface area contributed by atoms with Gasteiger partial charge in [0.05, 0.1) is 5.69 Å². The van der Waals surface area contributed by atoms with Crippen molar-refractivity contribution in [1.29, 1.82) is 0 Å². The van der Waals surface area contributed by atoms with E-state index in [2.05, 4.69) is 49.3 Å². The summed E-state index contributed by atoms with van der Waals surface area (Å²) in [6, 6.07) is 12.7. The van der Waals surface area contributed by atoms with E-state index in [1.165, 1.54) is 5.56 Å². The molecule has 0 aliphatic rings. The fourth-order valence-electron chi connectivity index (χ4n) is 2.33. The molecule has 0 aliphatic heterocycles. The second-order valence-corrected chi connectivity index (χ2v) is 5.41. The minimum Gasteiger partial charge on any atom is -0.326 e. The summed E-state index contributed by atoms with van der Waals surface area (Å²) >= 11 is 0. The molecule has 0 fully saturated rings. The van der Waals surface area contributed by atoms with Crippen molar-refractivity contribution in [2.75, 3.05) is 0 Å². The van der Waals surface area contributed by atoms with E-state index in [-0.39, 0.29) is 0 Å². The average Bonchev–Trinajstić information content (AvgIpc) is 2.90. The first-order valence-corrected chi connectivity index (χ1v) is 6.95. The second kappa shape index (κ2) is 5.10. The van der Waals surface area contributed by atoms with Crippen molar-refractivity contribution in [1.82, 2.24) is 9.38 Å². The SMILES string of the molecule is CC(C)c1ccc(-c2cn3ccc(CN)cc3n2)cc1. The Bertz CT molecular complexity index is 724. The van der Waals surface area contributed by atoms with Gasteiger partial charge in [0.2, 0.25) is 0 Å². The van der Waals surface area contributed by atoms with Gasteiger partial charge >= 0.3 is 0 Å². The lowest BCUT2D eigenvalue weighted by molar-refractivity contribution is 0.867. The molecule has 0 unspecified atom stereocenters. The predicted molar refractivity (Wildman–Crippen MR) is 82.6 cm³/mol. The lowest BCUT2D eigenvalue weighted by atomic mass is 10.0. The molecule has 3 nitrogen and oxygen atoms in total. The average molecular weight is 265 g/mol. The smallest absolute Gasteiger partial charge is 0.137 e. The third kappa shape index (κ3) is 2.32. The van der Waals surface area contributed by atoms with Crippen LogP contribution >= 0.6 is 0 Å². The van der Waals surface area contributed by atoms with Crippen molar-refractivity contribution >= 4 is 5.65 Å². The van der Waals surface area contributed by atoms with E-state index < -0.39 is 0 Å². The van der Waals surface area contributed by atoms with Crippen LogP contribution in [0.1, 0.15) is 30.9 Å². The van der Waals surface area contributed by atoms with Crippen LogP contribution in [0.2, 0.25) is 0 Å². The van der Waals surface area contributed by atoms with Gasteiger partial charge in [-0.15, -0.1) is 0 Å². The van der Waals surface area contributed by atoms with Crippen LogP contribution in [0.25, 0.3) is 16.9 Å². The molecule has 3 rings (SSSR count). The van der Waals surface area contributed by atoms with Crippen LogP contribution in [-0.2, 0) is 6.54 Å². The molecule has 0 bridgehead atoms. The number of rotatable bonds is 3. The zero-order chi connectivity index (χ0) is 14.1. The van der Waals surface area contributed by atoms with Crippen molar-refractivity contribution in [2.24, 2.45) is 5.73 Å². The molecule has 0 spiro atoms. The predicted octanol–water partition coefficient (Wildman–Crippen LogP) is 3.58. The first-order chi connectivity index (χ1) is 9.67. The molecule has 3 aromatic rings. The minimum atomic E-state index is 0.543. The van der Waals surface area contributed by atoms with Gasteiger partial charge in [-0.2, -0.15) is 0 Å². The van der Waals surface area contributed by atoms with E-state index >= 15 is 0 Å². The first-order valence-electron chi connectivity index (χ1n) is 6.95. The van der Waals surface area contributed by atoms with E-state index in [1.807, 2.05) is 22.7 Å². The van der Waals surface area contributed by atoms with Crippen LogP contribution in [0.5, 0.6) is 0 Å². The van der Waals surface area contributed by atoms with E-state index in [0.717, 1.165) is 22.5 Å². The summed E-state index contributed by atoms with van der Waals surface area (Å²) in [5.74, 6) is 0.553. The topological polar surface area (TPSA) is 43.3 Å². The highest BCUT2D eigenvalue weighted by Crippen LogP contribution is 2.22. The van der Waals surface area contributed by atoms with Gasteiger partial charge in [-0.05, 0) is 29.2 Å². The maximum atomic E-state index is 5.67. The summed E-state index contributed by atoms with van der Waals surface area (Å²) in [6.07, 6.45) is 4.07. The Labute approximate surface area is 119 Å². The zero-order valence-corrected chi connectivity index (χ0v) is 11.9. The highest BCUT2D eigenvalue weighted by Gasteiger charge is 2.06. The molecule has 2 N–H and O–H groups in total. The highest BCUT2D eigenvalue weighted by molar-refractivity contribution is 5.63. The van der Waals surface area contributed by atoms with Crippen molar-refractivity contribution in [2.45, 2.75) is 26.3 Å². The van der Waals surface area contributed by atoms with Crippen molar-refractivity contribution < 1.29 is 0 Å². The van der Waals surface area contributed by atoms with E-state index in [4.69, 9.17) is 5.73 Å². The molecule has 0 saturated carbocycles. The highest BCUT2D eigenvalue weighted by atomic mass is 15.0. The van der Waals surface area contributed by atoms with E-state index in [1.54, 1.807) is 0 Å². The van der Waals surface area contributed by atoms with Gasteiger partial charge in [-0.25, -0.2) is 4.98 Å². The Hall–Kier alpha value is -2.13. The maximum absolute atomic E-state index is 5.67. The zero-order valence-electron chi connectivity index (χ0n) is 11.9. The Morgan fingerprint density at radius 3 is 2.55 bits per heavy atom. The number of fused-ring (bicyclic) bond motifs is 1. The summed E-state index contributed by atoms with van der Waals surface area (Å²) < 4.78 is 2.03. The first kappa shape index (κ1) is 12.9. The fourth-order valence-corrected chi connectivity index (χ4v) is 2.33. The van der Waals surface area contributed by atoms with Crippen molar-refractivity contribution in [3.63, 3.8) is 0 Å². The number of imidazole rings is 1. The molecular weight excluding hydrogens is 246 g/mol. The third-order valence-electron chi connectivity index (χ3n) is 3.63. The minimum absolute atomic E-state index is 0.543. The van der Waals surface area contributed by atoms with Crippen LogP contribution in [0.15, 0.2) is 48.8 Å². The quantitative estimate of drug-likeness (QED) is 0.786. The Balaban J connectivity index is 2.01. The summed E-state index contributed by atoms with van der Waals surface area (Å²) in [5.41, 5.74) is 11.2. The van der Waals surface area contributed by atoms with Gasteiger partial charge in [-0.3, -0.25) is 0 Å². The largest absolute Gasteiger partial charge is 0.326 e. The number of nitrogens with zero attached hydrogens (tertiary/aromatic N) is 2. The van der Waals surface area contributed by atoms with Crippen LogP contribution in [0.3, 0.4) is 0 Å². The molecule has 102 valence electrons. The molecule has 20 heavy (non-hydrogen) atoms. The lowest BCUT2D eigenvalue weighted by Gasteiger charge is -2.05. The summed E-state index contributed by atoms with van der Waals surface area (Å²) in [7, 11) is 0. The molecule has 0 radical (unpaired) electrons. The number of pyridine rings is 1. The lowest BCUT2D eigenvalue weighted by Crippen LogP contribution is -1.96. The molecule has 2 aromatic heterocycles. The number of benzene rings is 1. The molecule has 0 atom stereocenters. The van der Waals surface area contributed by atoms with Crippen molar-refractivity contribution in [3.8, 4) is 11.3 Å². The summed E-state index contributed by atoms with van der Waals surface area (Å²) in [4.78, 5) is 4.67. The Morgan fingerprint density at radius 2 is 1.90 bits per heavy atom. The standard InChI is InChI=1S/C17H19N3/c1-12(2)14-3-5-15(6-4-14)16-11-20-8-7-13(10-18)9-17(20)19-16/h3-9,11-12H,10,18H2,1-2H3. The number of hydrogen-bond acceptors (Lipinski definition) is 2. The molecule has 3 heteroatoms. The number of aromatic nitrogens is 2. The molecule has 1 aromatic carbocycles.